The summed E-state index contributed by atoms with van der Waals surface area (Å²) in [6.07, 6.45) is 1.16. The van der Waals surface area contributed by atoms with Crippen LogP contribution in [0.1, 0.15) is 37.2 Å². The van der Waals surface area contributed by atoms with Gasteiger partial charge in [0, 0.05) is 30.4 Å². The van der Waals surface area contributed by atoms with Gasteiger partial charge in [0.25, 0.3) is 0 Å². The fourth-order valence-corrected chi connectivity index (χ4v) is 3.26. The summed E-state index contributed by atoms with van der Waals surface area (Å²) in [5.41, 5.74) is 9.06. The number of rotatable bonds is 6. The molecule has 0 radical (unpaired) electrons. The van der Waals surface area contributed by atoms with Crippen molar-refractivity contribution in [2.75, 3.05) is 19.7 Å². The molecule has 0 spiro atoms. The zero-order chi connectivity index (χ0) is 16.3. The minimum Gasteiger partial charge on any atom is -0.465 e. The highest BCUT2D eigenvalue weighted by atomic mass is 16.5. The van der Waals surface area contributed by atoms with E-state index in [-0.39, 0.29) is 12.5 Å². The molecule has 2 rings (SSSR count). The van der Waals surface area contributed by atoms with Crippen LogP contribution in [0.25, 0.3) is 0 Å². The van der Waals surface area contributed by atoms with Crippen LogP contribution in [0.4, 0.5) is 0 Å². The van der Waals surface area contributed by atoms with E-state index in [1.807, 2.05) is 20.8 Å². The third kappa shape index (κ3) is 3.67. The van der Waals surface area contributed by atoms with E-state index in [4.69, 9.17) is 10.5 Å². The Morgan fingerprint density at radius 3 is 2.77 bits per heavy atom. The van der Waals surface area contributed by atoms with Crippen LogP contribution in [0.3, 0.4) is 0 Å². The number of nitrogens with zero attached hydrogens (tertiary/aromatic N) is 3. The lowest BCUT2D eigenvalue weighted by atomic mass is 10.1. The van der Waals surface area contributed by atoms with Crippen LogP contribution in [0, 0.1) is 19.8 Å². The number of aryl methyl sites for hydroxylation is 1. The van der Waals surface area contributed by atoms with Crippen LogP contribution >= 0.6 is 0 Å². The first-order valence-corrected chi connectivity index (χ1v) is 8.08. The largest absolute Gasteiger partial charge is 0.465 e. The van der Waals surface area contributed by atoms with Gasteiger partial charge in [0.2, 0.25) is 0 Å². The Morgan fingerprint density at radius 2 is 2.18 bits per heavy atom. The number of likely N-dealkylation sites (tertiary alicyclic amines) is 1. The average molecular weight is 308 g/mol. The monoisotopic (exact) mass is 308 g/mol. The maximum Gasteiger partial charge on any atom is 0.327 e. The predicted molar refractivity (Wildman–Crippen MR) is 85.4 cm³/mol. The molecule has 2 unspecified atom stereocenters. The van der Waals surface area contributed by atoms with Crippen molar-refractivity contribution in [3.8, 4) is 0 Å². The number of hydrogen-bond acceptors (Lipinski definition) is 5. The molecule has 1 fully saturated rings. The van der Waals surface area contributed by atoms with Gasteiger partial charge in [-0.1, -0.05) is 0 Å². The fourth-order valence-electron chi connectivity index (χ4n) is 3.26. The highest BCUT2D eigenvalue weighted by Crippen LogP contribution is 2.26. The third-order valence-electron chi connectivity index (χ3n) is 4.60. The number of esters is 1. The summed E-state index contributed by atoms with van der Waals surface area (Å²) in [6, 6.07) is 0.542. The summed E-state index contributed by atoms with van der Waals surface area (Å²) in [5.74, 6) is 0.350. The van der Waals surface area contributed by atoms with Crippen molar-refractivity contribution in [2.45, 2.75) is 53.2 Å². The molecule has 22 heavy (non-hydrogen) atoms. The molecule has 1 saturated heterocycles. The minimum absolute atomic E-state index is 0.182. The van der Waals surface area contributed by atoms with Crippen LogP contribution in [-0.2, 0) is 22.6 Å². The van der Waals surface area contributed by atoms with E-state index >= 15 is 0 Å². The van der Waals surface area contributed by atoms with Gasteiger partial charge in [-0.15, -0.1) is 0 Å². The highest BCUT2D eigenvalue weighted by Gasteiger charge is 2.29. The summed E-state index contributed by atoms with van der Waals surface area (Å²) < 4.78 is 6.76. The maximum atomic E-state index is 11.7. The van der Waals surface area contributed by atoms with Crippen molar-refractivity contribution in [1.29, 1.82) is 0 Å². The number of carbonyl (C=O) groups is 1. The third-order valence-corrected chi connectivity index (χ3v) is 4.60. The van der Waals surface area contributed by atoms with Crippen molar-refractivity contribution in [3.63, 3.8) is 0 Å². The molecule has 0 amide bonds. The van der Waals surface area contributed by atoms with Gasteiger partial charge in [0.1, 0.15) is 6.54 Å². The van der Waals surface area contributed by atoms with Crippen molar-refractivity contribution in [2.24, 2.45) is 11.7 Å². The first-order chi connectivity index (χ1) is 10.5. The first-order valence-electron chi connectivity index (χ1n) is 8.08. The summed E-state index contributed by atoms with van der Waals surface area (Å²) in [4.78, 5) is 14.1. The lowest BCUT2D eigenvalue weighted by Gasteiger charge is -2.21. The summed E-state index contributed by atoms with van der Waals surface area (Å²) in [7, 11) is 0. The molecule has 1 aromatic rings. The molecule has 0 aromatic carbocycles. The van der Waals surface area contributed by atoms with Crippen LogP contribution in [0.2, 0.25) is 0 Å². The molecule has 6 nitrogen and oxygen atoms in total. The number of carbonyl (C=O) groups excluding carboxylic acids is 1. The molecule has 2 N–H and O–H groups in total. The molecule has 2 atom stereocenters. The van der Waals surface area contributed by atoms with Crippen molar-refractivity contribution in [1.82, 2.24) is 14.7 Å². The lowest BCUT2D eigenvalue weighted by molar-refractivity contribution is -0.144. The van der Waals surface area contributed by atoms with Crippen molar-refractivity contribution >= 4 is 5.97 Å². The van der Waals surface area contributed by atoms with Crippen LogP contribution < -0.4 is 5.73 Å². The van der Waals surface area contributed by atoms with Crippen LogP contribution in [0.15, 0.2) is 0 Å². The Hall–Kier alpha value is -1.40. The highest BCUT2D eigenvalue weighted by molar-refractivity contribution is 5.69. The van der Waals surface area contributed by atoms with Gasteiger partial charge < -0.3 is 10.5 Å². The van der Waals surface area contributed by atoms with Gasteiger partial charge in [-0.05, 0) is 46.6 Å². The summed E-state index contributed by atoms with van der Waals surface area (Å²) in [5, 5.41) is 4.50. The second-order valence-corrected chi connectivity index (χ2v) is 6.23. The van der Waals surface area contributed by atoms with Crippen LogP contribution in [0.5, 0.6) is 0 Å². The van der Waals surface area contributed by atoms with Crippen molar-refractivity contribution < 1.29 is 9.53 Å². The van der Waals surface area contributed by atoms with E-state index in [0.717, 1.165) is 37.4 Å². The Morgan fingerprint density at radius 1 is 1.45 bits per heavy atom. The number of aromatic nitrogens is 2. The smallest absolute Gasteiger partial charge is 0.327 e. The Kier molecular flexibility index (Phi) is 5.58. The lowest BCUT2D eigenvalue weighted by Crippen LogP contribution is -2.28. The normalized spacial score (nSPS) is 22.2. The Bertz CT molecular complexity index is 526. The van der Waals surface area contributed by atoms with E-state index in [1.165, 1.54) is 5.56 Å². The summed E-state index contributed by atoms with van der Waals surface area (Å²) >= 11 is 0. The quantitative estimate of drug-likeness (QED) is 0.800. The second kappa shape index (κ2) is 7.24. The second-order valence-electron chi connectivity index (χ2n) is 6.23. The van der Waals surface area contributed by atoms with Gasteiger partial charge in [0.05, 0.1) is 12.3 Å². The maximum absolute atomic E-state index is 11.7. The van der Waals surface area contributed by atoms with E-state index in [2.05, 4.69) is 16.9 Å². The molecular formula is C16H28N4O2. The molecule has 0 bridgehead atoms. The molecule has 0 aliphatic carbocycles. The van der Waals surface area contributed by atoms with E-state index in [1.54, 1.807) is 4.68 Å². The zero-order valence-electron chi connectivity index (χ0n) is 14.1. The number of nitrogens with two attached hydrogens (primary N) is 1. The van der Waals surface area contributed by atoms with E-state index < -0.39 is 0 Å². The van der Waals surface area contributed by atoms with Gasteiger partial charge in [-0.2, -0.15) is 5.10 Å². The Labute approximate surface area is 132 Å². The van der Waals surface area contributed by atoms with Gasteiger partial charge in [0.15, 0.2) is 0 Å². The Balaban J connectivity index is 2.08. The first kappa shape index (κ1) is 17.0. The van der Waals surface area contributed by atoms with Gasteiger partial charge >= 0.3 is 5.97 Å². The molecule has 1 aliphatic rings. The van der Waals surface area contributed by atoms with E-state index in [0.29, 0.717) is 18.6 Å². The minimum atomic E-state index is -0.239. The van der Waals surface area contributed by atoms with Crippen LogP contribution in [-0.4, -0.2) is 46.4 Å². The number of hydrogen-bond donors (Lipinski definition) is 1. The molecule has 6 heteroatoms. The fraction of sp³-hybridized carbons (Fsp3) is 0.750. The molecule has 1 aliphatic heterocycles. The van der Waals surface area contributed by atoms with E-state index in [9.17, 15) is 4.79 Å². The molecular weight excluding hydrogens is 280 g/mol. The van der Waals surface area contributed by atoms with Gasteiger partial charge in [-0.3, -0.25) is 14.4 Å². The summed E-state index contributed by atoms with van der Waals surface area (Å²) in [6.45, 7) is 11.3. The molecule has 1 aromatic heterocycles. The predicted octanol–water partition coefficient (Wildman–Crippen LogP) is 1.23. The van der Waals surface area contributed by atoms with Crippen molar-refractivity contribution in [3.05, 3.63) is 17.0 Å². The van der Waals surface area contributed by atoms with Gasteiger partial charge in [-0.25, -0.2) is 0 Å². The SMILES string of the molecule is CCOC(=O)Cn1nc(C)c(CN2CC(CN)CC2C)c1C. The molecule has 2 heterocycles. The topological polar surface area (TPSA) is 73.4 Å². The molecule has 0 saturated carbocycles. The zero-order valence-corrected chi connectivity index (χ0v) is 14.1. The standard InChI is InChI=1S/C16H28N4O2/c1-5-22-16(21)10-20-13(4)15(12(3)18-20)9-19-8-14(7-17)6-11(19)2/h11,14H,5-10,17H2,1-4H3. The number of ether oxygens (including phenoxy) is 1. The average Bonchev–Trinajstić information content (AvgIpc) is 2.95. The molecule has 124 valence electrons.